The van der Waals surface area contributed by atoms with E-state index in [1.807, 2.05) is 0 Å². The molecule has 1 heterocycles. The van der Waals surface area contributed by atoms with Crippen molar-refractivity contribution in [3.63, 3.8) is 0 Å². The van der Waals surface area contributed by atoms with Gasteiger partial charge in [-0.1, -0.05) is 24.3 Å². The highest BCUT2D eigenvalue weighted by Gasteiger charge is 2.31. The molecule has 0 amide bonds. The third-order valence-corrected chi connectivity index (χ3v) is 4.60. The molecule has 2 atom stereocenters. The standard InChI is InChI=1S/C18H22F2N4O3/c1-9(2)24-17(26)22-16(23-18(24)27)21-13(15(19)20)11-4-3-5-12(8-11)14(25)10-6-7-10/h3-5,8-10,13-15,25H,6-7H2,1-2H3,(H2,21,22,23,26,27)/t13-,14-/m1/s1. The minimum absolute atomic E-state index is 0.167. The second-order valence-corrected chi connectivity index (χ2v) is 7.05. The second-order valence-electron chi connectivity index (χ2n) is 7.05. The molecule has 0 bridgehead atoms. The predicted octanol–water partition coefficient (Wildman–Crippen LogP) is 2.37. The van der Waals surface area contributed by atoms with Gasteiger partial charge in [-0.15, -0.1) is 0 Å². The minimum Gasteiger partial charge on any atom is -0.388 e. The smallest absolute Gasteiger partial charge is 0.355 e. The summed E-state index contributed by atoms with van der Waals surface area (Å²) in [6, 6.07) is 4.41. The summed E-state index contributed by atoms with van der Waals surface area (Å²) in [4.78, 5) is 30.0. The highest BCUT2D eigenvalue weighted by Crippen LogP contribution is 2.41. The number of aromatic amines is 1. The molecule has 1 aromatic carbocycles. The number of H-pyrrole nitrogens is 1. The number of aliphatic hydroxyl groups is 1. The molecule has 0 radical (unpaired) electrons. The fraction of sp³-hybridized carbons (Fsp3) is 0.500. The highest BCUT2D eigenvalue weighted by molar-refractivity contribution is 5.35. The van der Waals surface area contributed by atoms with Gasteiger partial charge < -0.3 is 10.4 Å². The van der Waals surface area contributed by atoms with Gasteiger partial charge in [-0.25, -0.2) is 22.9 Å². The van der Waals surface area contributed by atoms with E-state index in [1.165, 1.54) is 12.1 Å². The summed E-state index contributed by atoms with van der Waals surface area (Å²) in [5, 5.41) is 12.7. The van der Waals surface area contributed by atoms with Crippen LogP contribution in [-0.2, 0) is 0 Å². The molecule has 9 heteroatoms. The summed E-state index contributed by atoms with van der Waals surface area (Å²) in [6.45, 7) is 3.29. The third kappa shape index (κ3) is 4.24. The number of nitrogens with one attached hydrogen (secondary N) is 2. The largest absolute Gasteiger partial charge is 0.388 e. The summed E-state index contributed by atoms with van der Waals surface area (Å²) in [5.74, 6) is -0.153. The van der Waals surface area contributed by atoms with E-state index in [0.29, 0.717) is 5.56 Å². The number of hydrogen-bond donors (Lipinski definition) is 3. The van der Waals surface area contributed by atoms with E-state index in [2.05, 4.69) is 15.3 Å². The van der Waals surface area contributed by atoms with Crippen LogP contribution in [0.2, 0.25) is 0 Å². The first kappa shape index (κ1) is 19.2. The van der Waals surface area contributed by atoms with Crippen LogP contribution in [0.3, 0.4) is 0 Å². The molecular formula is C18H22F2N4O3. The molecule has 0 unspecified atom stereocenters. The molecule has 146 valence electrons. The number of alkyl halides is 2. The Kier molecular flexibility index (Phi) is 5.41. The lowest BCUT2D eigenvalue weighted by Crippen LogP contribution is -2.39. The van der Waals surface area contributed by atoms with Crippen molar-refractivity contribution < 1.29 is 13.9 Å². The topological polar surface area (TPSA) is 100 Å². The SMILES string of the molecule is CC(C)n1c(=O)nc(N[C@H](c2cccc([C@H](O)C3CC3)c2)C(F)F)[nH]c1=O. The van der Waals surface area contributed by atoms with Crippen LogP contribution in [0.1, 0.15) is 56.0 Å². The Morgan fingerprint density at radius 2 is 1.93 bits per heavy atom. The molecule has 1 aliphatic rings. The highest BCUT2D eigenvalue weighted by atomic mass is 19.3. The zero-order valence-corrected chi connectivity index (χ0v) is 15.0. The Labute approximate surface area is 154 Å². The van der Waals surface area contributed by atoms with Gasteiger partial charge in [0.25, 0.3) is 6.43 Å². The van der Waals surface area contributed by atoms with Crippen molar-refractivity contribution in [2.45, 2.75) is 51.3 Å². The number of nitrogens with zero attached hydrogens (tertiary/aromatic N) is 2. The van der Waals surface area contributed by atoms with Crippen molar-refractivity contribution in [3.8, 4) is 0 Å². The normalized spacial score (nSPS) is 16.6. The van der Waals surface area contributed by atoms with Crippen molar-refractivity contribution >= 4 is 5.95 Å². The van der Waals surface area contributed by atoms with Crippen LogP contribution in [0.5, 0.6) is 0 Å². The van der Waals surface area contributed by atoms with Crippen molar-refractivity contribution in [2.75, 3.05) is 5.32 Å². The molecule has 3 N–H and O–H groups in total. The zero-order chi connectivity index (χ0) is 19.7. The van der Waals surface area contributed by atoms with E-state index in [4.69, 9.17) is 0 Å². The number of benzene rings is 1. The number of aliphatic hydroxyl groups excluding tert-OH is 1. The molecule has 1 aliphatic carbocycles. The number of aromatic nitrogens is 3. The van der Waals surface area contributed by atoms with Crippen LogP contribution in [0, 0.1) is 5.92 Å². The van der Waals surface area contributed by atoms with Gasteiger partial charge >= 0.3 is 11.4 Å². The first-order valence-electron chi connectivity index (χ1n) is 8.83. The molecular weight excluding hydrogens is 358 g/mol. The van der Waals surface area contributed by atoms with E-state index < -0.39 is 36.0 Å². The second kappa shape index (κ2) is 7.59. The van der Waals surface area contributed by atoms with Crippen LogP contribution in [-0.4, -0.2) is 26.1 Å². The average molecular weight is 380 g/mol. The first-order valence-corrected chi connectivity index (χ1v) is 8.83. The van der Waals surface area contributed by atoms with Gasteiger partial charge in [0.1, 0.15) is 6.04 Å². The predicted molar refractivity (Wildman–Crippen MR) is 96.0 cm³/mol. The van der Waals surface area contributed by atoms with Crippen molar-refractivity contribution in [1.29, 1.82) is 0 Å². The average Bonchev–Trinajstić information content (AvgIpc) is 3.43. The van der Waals surface area contributed by atoms with Crippen LogP contribution in [0.25, 0.3) is 0 Å². The molecule has 7 nitrogen and oxygen atoms in total. The maximum atomic E-state index is 13.7. The van der Waals surface area contributed by atoms with E-state index in [0.717, 1.165) is 17.4 Å². The van der Waals surface area contributed by atoms with E-state index >= 15 is 0 Å². The monoisotopic (exact) mass is 380 g/mol. The fourth-order valence-electron chi connectivity index (χ4n) is 3.01. The maximum absolute atomic E-state index is 13.7. The Balaban J connectivity index is 1.90. The van der Waals surface area contributed by atoms with Crippen molar-refractivity contribution in [1.82, 2.24) is 14.5 Å². The molecule has 0 saturated heterocycles. The first-order chi connectivity index (χ1) is 12.8. The summed E-state index contributed by atoms with van der Waals surface area (Å²) in [7, 11) is 0. The molecule has 0 aliphatic heterocycles. The Bertz CT molecular complexity index is 890. The van der Waals surface area contributed by atoms with Gasteiger partial charge in [0, 0.05) is 6.04 Å². The zero-order valence-electron chi connectivity index (χ0n) is 15.0. The van der Waals surface area contributed by atoms with Gasteiger partial charge in [0.05, 0.1) is 6.10 Å². The Morgan fingerprint density at radius 3 is 2.48 bits per heavy atom. The van der Waals surface area contributed by atoms with E-state index in [1.54, 1.807) is 26.0 Å². The van der Waals surface area contributed by atoms with Crippen molar-refractivity contribution in [2.24, 2.45) is 5.92 Å². The molecule has 2 aromatic rings. The fourth-order valence-corrected chi connectivity index (χ4v) is 3.01. The number of rotatable bonds is 7. The lowest BCUT2D eigenvalue weighted by atomic mass is 9.99. The number of hydrogen-bond acceptors (Lipinski definition) is 5. The number of halogens is 2. The molecule has 1 fully saturated rings. The molecule has 0 spiro atoms. The molecule has 1 aromatic heterocycles. The lowest BCUT2D eigenvalue weighted by Gasteiger charge is -2.20. The maximum Gasteiger partial charge on any atom is 0.355 e. The minimum atomic E-state index is -2.82. The molecule has 3 rings (SSSR count). The molecule has 27 heavy (non-hydrogen) atoms. The van der Waals surface area contributed by atoms with Crippen LogP contribution >= 0.6 is 0 Å². The summed E-state index contributed by atoms with van der Waals surface area (Å²) in [6.07, 6.45) is -1.68. The van der Waals surface area contributed by atoms with E-state index in [9.17, 15) is 23.5 Å². The van der Waals surface area contributed by atoms with Crippen LogP contribution in [0.4, 0.5) is 14.7 Å². The van der Waals surface area contributed by atoms with Gasteiger partial charge in [-0.05, 0) is 43.7 Å². The summed E-state index contributed by atoms with van der Waals surface area (Å²) in [5.41, 5.74) is -0.738. The Hall–Kier alpha value is -2.55. The van der Waals surface area contributed by atoms with Gasteiger partial charge in [0.2, 0.25) is 5.95 Å². The van der Waals surface area contributed by atoms with Gasteiger partial charge in [0.15, 0.2) is 0 Å². The summed E-state index contributed by atoms with van der Waals surface area (Å²) >= 11 is 0. The molecule has 1 saturated carbocycles. The van der Waals surface area contributed by atoms with Crippen LogP contribution in [0.15, 0.2) is 33.9 Å². The van der Waals surface area contributed by atoms with E-state index in [-0.39, 0.29) is 17.4 Å². The van der Waals surface area contributed by atoms with Crippen LogP contribution < -0.4 is 16.7 Å². The summed E-state index contributed by atoms with van der Waals surface area (Å²) < 4.78 is 28.2. The van der Waals surface area contributed by atoms with Gasteiger partial charge in [-0.3, -0.25) is 4.98 Å². The third-order valence-electron chi connectivity index (χ3n) is 4.60. The van der Waals surface area contributed by atoms with Crippen molar-refractivity contribution in [3.05, 3.63) is 56.4 Å². The van der Waals surface area contributed by atoms with Gasteiger partial charge in [-0.2, -0.15) is 4.98 Å². The Morgan fingerprint density at radius 1 is 1.26 bits per heavy atom. The lowest BCUT2D eigenvalue weighted by molar-refractivity contribution is 0.123. The quantitative estimate of drug-likeness (QED) is 0.685. The number of anilines is 1.